The molecule has 0 aliphatic carbocycles. The first-order chi connectivity index (χ1) is 7.34. The van der Waals surface area contributed by atoms with Crippen molar-refractivity contribution in [3.8, 4) is 0 Å². The minimum absolute atomic E-state index is 0.108. The van der Waals surface area contributed by atoms with Gasteiger partial charge in [0.25, 0.3) is 5.91 Å². The van der Waals surface area contributed by atoms with E-state index in [0.29, 0.717) is 5.56 Å². The molecule has 4 nitrogen and oxygen atoms in total. The Balaban J connectivity index is 2.98. The Hall–Kier alpha value is -1.36. The normalized spacial score (nSPS) is 11.2. The van der Waals surface area contributed by atoms with Crippen LogP contribution in [0, 0.1) is 13.8 Å². The van der Waals surface area contributed by atoms with Crippen molar-refractivity contribution in [1.29, 1.82) is 0 Å². The molecule has 1 rings (SSSR count). The minimum atomic E-state index is -3.49. The Bertz CT molecular complexity index is 486. The Morgan fingerprint density at radius 2 is 1.69 bits per heavy atom. The molecule has 1 amide bonds. The molecule has 0 spiro atoms. The van der Waals surface area contributed by atoms with E-state index in [-0.39, 0.29) is 5.75 Å². The molecule has 16 heavy (non-hydrogen) atoms. The lowest BCUT2D eigenvalue weighted by molar-refractivity contribution is 0.0981. The fraction of sp³-hybridized carbons (Fsp3) is 0.364. The SMILES string of the molecule is CCS(=O)(=O)NC(=O)c1cc(C)cc(C)c1. The summed E-state index contributed by atoms with van der Waals surface area (Å²) in [5.74, 6) is -0.683. The molecule has 0 heterocycles. The van der Waals surface area contributed by atoms with E-state index in [0.717, 1.165) is 11.1 Å². The molecule has 0 saturated heterocycles. The van der Waals surface area contributed by atoms with Crippen LogP contribution in [0.2, 0.25) is 0 Å². The van der Waals surface area contributed by atoms with Crippen molar-refractivity contribution < 1.29 is 13.2 Å². The quantitative estimate of drug-likeness (QED) is 0.869. The molecule has 5 heteroatoms. The van der Waals surface area contributed by atoms with Crippen LogP contribution in [0.25, 0.3) is 0 Å². The Labute approximate surface area is 95.7 Å². The fourth-order valence-corrected chi connectivity index (χ4v) is 1.92. The van der Waals surface area contributed by atoms with Gasteiger partial charge in [-0.3, -0.25) is 4.79 Å². The molecule has 0 fully saturated rings. The number of aryl methyl sites for hydroxylation is 2. The van der Waals surface area contributed by atoms with Gasteiger partial charge in [0.05, 0.1) is 5.75 Å². The zero-order chi connectivity index (χ0) is 12.3. The number of hydrogen-bond donors (Lipinski definition) is 1. The third kappa shape index (κ3) is 3.34. The lowest BCUT2D eigenvalue weighted by Gasteiger charge is -2.06. The largest absolute Gasteiger partial charge is 0.268 e. The van der Waals surface area contributed by atoms with Crippen LogP contribution in [0.15, 0.2) is 18.2 Å². The second-order valence-corrected chi connectivity index (χ2v) is 5.72. The van der Waals surface area contributed by atoms with Gasteiger partial charge in [0, 0.05) is 5.56 Å². The molecular formula is C11H15NO3S. The van der Waals surface area contributed by atoms with Crippen molar-refractivity contribution in [3.63, 3.8) is 0 Å². The summed E-state index contributed by atoms with van der Waals surface area (Å²) < 4.78 is 24.5. The predicted octanol–water partition coefficient (Wildman–Crippen LogP) is 1.38. The van der Waals surface area contributed by atoms with E-state index in [4.69, 9.17) is 0 Å². The highest BCUT2D eigenvalue weighted by Crippen LogP contribution is 2.09. The summed E-state index contributed by atoms with van der Waals surface area (Å²) in [6, 6.07) is 5.24. The van der Waals surface area contributed by atoms with Crippen molar-refractivity contribution in [2.24, 2.45) is 0 Å². The average molecular weight is 241 g/mol. The van der Waals surface area contributed by atoms with Crippen LogP contribution >= 0.6 is 0 Å². The molecule has 0 atom stereocenters. The molecular weight excluding hydrogens is 226 g/mol. The van der Waals surface area contributed by atoms with Gasteiger partial charge in [-0.2, -0.15) is 0 Å². The third-order valence-electron chi connectivity index (χ3n) is 2.11. The lowest BCUT2D eigenvalue weighted by Crippen LogP contribution is -2.31. The smallest absolute Gasteiger partial charge is 0.264 e. The van der Waals surface area contributed by atoms with Crippen LogP contribution in [0.5, 0.6) is 0 Å². The number of sulfonamides is 1. The fourth-order valence-electron chi connectivity index (χ4n) is 1.38. The molecule has 0 bridgehead atoms. The van der Waals surface area contributed by atoms with Gasteiger partial charge in [-0.15, -0.1) is 0 Å². The number of nitrogens with one attached hydrogen (secondary N) is 1. The van der Waals surface area contributed by atoms with E-state index in [1.807, 2.05) is 24.6 Å². The molecule has 0 unspecified atom stereocenters. The van der Waals surface area contributed by atoms with Crippen molar-refractivity contribution in [2.75, 3.05) is 5.75 Å². The van der Waals surface area contributed by atoms with Crippen molar-refractivity contribution in [2.45, 2.75) is 20.8 Å². The van der Waals surface area contributed by atoms with Crippen LogP contribution in [0.4, 0.5) is 0 Å². The zero-order valence-corrected chi connectivity index (χ0v) is 10.4. The van der Waals surface area contributed by atoms with Gasteiger partial charge < -0.3 is 0 Å². The highest BCUT2D eigenvalue weighted by molar-refractivity contribution is 7.90. The number of carbonyl (C=O) groups excluding carboxylic acids is 1. The summed E-state index contributed by atoms with van der Waals surface area (Å²) in [5, 5.41) is 0. The maximum Gasteiger partial charge on any atom is 0.264 e. The van der Waals surface area contributed by atoms with Crippen LogP contribution in [-0.2, 0) is 10.0 Å². The number of benzene rings is 1. The maximum absolute atomic E-state index is 11.6. The number of hydrogen-bond acceptors (Lipinski definition) is 3. The first kappa shape index (κ1) is 12.7. The van der Waals surface area contributed by atoms with Crippen LogP contribution < -0.4 is 4.72 Å². The summed E-state index contributed by atoms with van der Waals surface area (Å²) in [6.07, 6.45) is 0. The van der Waals surface area contributed by atoms with Gasteiger partial charge in [0.1, 0.15) is 0 Å². The summed E-state index contributed by atoms with van der Waals surface area (Å²) in [4.78, 5) is 11.6. The summed E-state index contributed by atoms with van der Waals surface area (Å²) in [6.45, 7) is 5.20. The molecule has 1 aromatic carbocycles. The van der Waals surface area contributed by atoms with Crippen molar-refractivity contribution in [3.05, 3.63) is 34.9 Å². The lowest BCUT2D eigenvalue weighted by atomic mass is 10.1. The first-order valence-electron chi connectivity index (χ1n) is 4.97. The zero-order valence-electron chi connectivity index (χ0n) is 9.57. The monoisotopic (exact) mass is 241 g/mol. The van der Waals surface area contributed by atoms with Crippen molar-refractivity contribution in [1.82, 2.24) is 4.72 Å². The predicted molar refractivity (Wildman–Crippen MR) is 62.8 cm³/mol. The van der Waals surface area contributed by atoms with E-state index in [2.05, 4.69) is 0 Å². The Morgan fingerprint density at radius 1 is 1.19 bits per heavy atom. The second-order valence-electron chi connectivity index (χ2n) is 3.71. The molecule has 0 saturated carbocycles. The van der Waals surface area contributed by atoms with E-state index in [9.17, 15) is 13.2 Å². The molecule has 0 aliphatic heterocycles. The molecule has 88 valence electrons. The molecule has 0 aromatic heterocycles. The van der Waals surface area contributed by atoms with E-state index in [1.165, 1.54) is 6.92 Å². The Morgan fingerprint density at radius 3 is 2.12 bits per heavy atom. The van der Waals surface area contributed by atoms with Gasteiger partial charge in [0.15, 0.2) is 0 Å². The van der Waals surface area contributed by atoms with Crippen molar-refractivity contribution >= 4 is 15.9 Å². The first-order valence-corrected chi connectivity index (χ1v) is 6.62. The van der Waals surface area contributed by atoms with Gasteiger partial charge in [0.2, 0.25) is 10.0 Å². The maximum atomic E-state index is 11.6. The highest BCUT2D eigenvalue weighted by Gasteiger charge is 2.14. The van der Waals surface area contributed by atoms with E-state index in [1.54, 1.807) is 12.1 Å². The van der Waals surface area contributed by atoms with Gasteiger partial charge in [-0.1, -0.05) is 17.2 Å². The third-order valence-corrected chi connectivity index (χ3v) is 3.37. The van der Waals surface area contributed by atoms with E-state index >= 15 is 0 Å². The summed E-state index contributed by atoms with van der Waals surface area (Å²) in [5.41, 5.74) is 2.23. The van der Waals surface area contributed by atoms with Crippen LogP contribution in [-0.4, -0.2) is 20.1 Å². The summed E-state index contributed by atoms with van der Waals surface area (Å²) in [7, 11) is -3.49. The molecule has 1 aromatic rings. The van der Waals surface area contributed by atoms with Gasteiger partial charge >= 0.3 is 0 Å². The second kappa shape index (κ2) is 4.65. The van der Waals surface area contributed by atoms with Gasteiger partial charge in [-0.05, 0) is 32.9 Å². The Kier molecular flexibility index (Phi) is 3.70. The molecule has 1 N–H and O–H groups in total. The number of amides is 1. The highest BCUT2D eigenvalue weighted by atomic mass is 32.2. The molecule has 0 radical (unpaired) electrons. The number of rotatable bonds is 3. The number of carbonyl (C=O) groups is 1. The summed E-state index contributed by atoms with van der Waals surface area (Å²) >= 11 is 0. The van der Waals surface area contributed by atoms with Crippen LogP contribution in [0.3, 0.4) is 0 Å². The van der Waals surface area contributed by atoms with Gasteiger partial charge in [-0.25, -0.2) is 13.1 Å². The molecule has 0 aliphatic rings. The average Bonchev–Trinajstić information content (AvgIpc) is 2.15. The van der Waals surface area contributed by atoms with E-state index < -0.39 is 15.9 Å². The standard InChI is InChI=1S/C11H15NO3S/c1-4-16(14,15)12-11(13)10-6-8(2)5-9(3)7-10/h5-7H,4H2,1-3H3,(H,12,13). The topological polar surface area (TPSA) is 63.2 Å². The minimum Gasteiger partial charge on any atom is -0.268 e. The van der Waals surface area contributed by atoms with Crippen LogP contribution in [0.1, 0.15) is 28.4 Å².